The van der Waals surface area contributed by atoms with Crippen molar-refractivity contribution in [3.63, 3.8) is 0 Å². The monoisotopic (exact) mass is 1540 g/mol. The van der Waals surface area contributed by atoms with Gasteiger partial charge in [-0.25, -0.2) is 9.13 Å². The van der Waals surface area contributed by atoms with E-state index in [0.29, 0.717) is 25.7 Å². The average molecular weight is 1540 g/mol. The first kappa shape index (κ1) is 103. The molecular weight excluding hydrogens is 1370 g/mol. The smallest absolute Gasteiger partial charge is 0.462 e. The van der Waals surface area contributed by atoms with Gasteiger partial charge in [0.15, 0.2) is 12.2 Å². The third kappa shape index (κ3) is 75.9. The quantitative estimate of drug-likeness (QED) is 0.0222. The number of esters is 4. The second-order valence-corrected chi connectivity index (χ2v) is 35.0. The van der Waals surface area contributed by atoms with Crippen molar-refractivity contribution in [3.05, 3.63) is 0 Å². The van der Waals surface area contributed by atoms with Crippen LogP contribution in [0.15, 0.2) is 0 Å². The molecule has 8 atom stereocenters. The second-order valence-electron chi connectivity index (χ2n) is 32.1. The number of hydrogen-bond donors (Lipinski definition) is 3. The highest BCUT2D eigenvalue weighted by atomic mass is 31.2. The molecule has 19 heteroatoms. The molecule has 0 aliphatic carbocycles. The molecule has 0 aromatic rings. The Morgan fingerprint density at radius 1 is 0.267 bits per heavy atom. The van der Waals surface area contributed by atoms with E-state index >= 15 is 0 Å². The van der Waals surface area contributed by atoms with Crippen LogP contribution in [-0.2, 0) is 65.4 Å². The van der Waals surface area contributed by atoms with Gasteiger partial charge in [0.1, 0.15) is 19.3 Å². The molecule has 0 aromatic carbocycles. The van der Waals surface area contributed by atoms with Gasteiger partial charge in [-0.15, -0.1) is 0 Å². The third-order valence-corrected chi connectivity index (χ3v) is 23.1. The van der Waals surface area contributed by atoms with E-state index in [1.165, 1.54) is 244 Å². The zero-order valence-electron chi connectivity index (χ0n) is 69.4. The minimum atomic E-state index is -4.97. The summed E-state index contributed by atoms with van der Waals surface area (Å²) in [6.07, 6.45) is 63.8. The molecule has 0 radical (unpaired) electrons. The van der Waals surface area contributed by atoms with Gasteiger partial charge in [0.2, 0.25) is 0 Å². The molecule has 0 saturated heterocycles. The Bertz CT molecular complexity index is 2050. The van der Waals surface area contributed by atoms with Crippen LogP contribution in [0.5, 0.6) is 0 Å². The van der Waals surface area contributed by atoms with E-state index in [2.05, 4.69) is 55.4 Å². The van der Waals surface area contributed by atoms with E-state index < -0.39 is 97.5 Å². The average Bonchev–Trinajstić information content (AvgIpc) is 0.917. The van der Waals surface area contributed by atoms with Crippen LogP contribution in [0.3, 0.4) is 0 Å². The van der Waals surface area contributed by atoms with Crippen LogP contribution < -0.4 is 0 Å². The molecule has 0 rings (SSSR count). The molecule has 0 fully saturated rings. The van der Waals surface area contributed by atoms with Crippen molar-refractivity contribution < 1.29 is 80.2 Å². The molecule has 3 N–H and O–H groups in total. The molecule has 0 heterocycles. The molecule has 0 amide bonds. The van der Waals surface area contributed by atoms with E-state index in [0.717, 1.165) is 120 Å². The highest BCUT2D eigenvalue weighted by molar-refractivity contribution is 7.47. The van der Waals surface area contributed by atoms with E-state index in [-0.39, 0.29) is 25.7 Å². The number of phosphoric ester groups is 2. The standard InChI is InChI=1S/C86H168O17P2/c1-9-77(6)63-55-47-39-33-27-20-16-14-12-13-15-17-23-30-36-42-52-60-68-86(91)103-82(73-97-84(89)67-59-51-45-44-49-57-65-79(8)11-3)75-101-105(94,95)99-71-80(87)70-98-104(92,93)100-74-81(102-85(90)69-61-53-43-37-31-25-24-26-32-38-46-54-62-76(4)5)72-96-83(88)66-58-50-41-35-29-22-19-18-21-28-34-40-48-56-64-78(7)10-2/h76-82,87H,9-75H2,1-8H3,(H,92,93)(H,94,95)/t77?,78?,79?,80-,81-,82-/m1/s1. The van der Waals surface area contributed by atoms with Crippen LogP contribution in [0.25, 0.3) is 0 Å². The van der Waals surface area contributed by atoms with Gasteiger partial charge in [-0.3, -0.25) is 37.3 Å². The molecule has 0 saturated carbocycles. The lowest BCUT2D eigenvalue weighted by Crippen LogP contribution is -2.30. The molecule has 0 aromatic heterocycles. The van der Waals surface area contributed by atoms with Crippen LogP contribution in [0.1, 0.15) is 447 Å². The number of aliphatic hydroxyl groups excluding tert-OH is 1. The normalized spacial score (nSPS) is 14.7. The van der Waals surface area contributed by atoms with E-state index in [1.54, 1.807) is 0 Å². The lowest BCUT2D eigenvalue weighted by molar-refractivity contribution is -0.161. The largest absolute Gasteiger partial charge is 0.472 e. The van der Waals surface area contributed by atoms with Crippen LogP contribution in [0.4, 0.5) is 0 Å². The topological polar surface area (TPSA) is 237 Å². The Hall–Kier alpha value is -1.94. The fraction of sp³-hybridized carbons (Fsp3) is 0.953. The Labute approximate surface area is 645 Å². The maximum Gasteiger partial charge on any atom is 0.472 e. The molecule has 0 aliphatic rings. The van der Waals surface area contributed by atoms with Crippen molar-refractivity contribution in [1.82, 2.24) is 0 Å². The van der Waals surface area contributed by atoms with E-state index in [1.807, 2.05) is 0 Å². The molecule has 17 nitrogen and oxygen atoms in total. The van der Waals surface area contributed by atoms with Crippen molar-refractivity contribution in [2.75, 3.05) is 39.6 Å². The van der Waals surface area contributed by atoms with Gasteiger partial charge in [-0.2, -0.15) is 0 Å². The number of aliphatic hydroxyl groups is 1. The fourth-order valence-electron chi connectivity index (χ4n) is 13.2. The lowest BCUT2D eigenvalue weighted by Gasteiger charge is -2.21. The lowest BCUT2D eigenvalue weighted by atomic mass is 9.99. The minimum absolute atomic E-state index is 0.107. The number of rotatable bonds is 83. The van der Waals surface area contributed by atoms with Crippen LogP contribution >= 0.6 is 15.6 Å². The van der Waals surface area contributed by atoms with Crippen LogP contribution in [0.2, 0.25) is 0 Å². The van der Waals surface area contributed by atoms with Crippen molar-refractivity contribution in [2.45, 2.75) is 465 Å². The van der Waals surface area contributed by atoms with Crippen molar-refractivity contribution in [3.8, 4) is 0 Å². The summed E-state index contributed by atoms with van der Waals surface area (Å²) < 4.78 is 68.9. The summed E-state index contributed by atoms with van der Waals surface area (Å²) >= 11 is 0. The number of unbranched alkanes of at least 4 members (excludes halogenated alkanes) is 46. The third-order valence-electron chi connectivity index (χ3n) is 21.2. The van der Waals surface area contributed by atoms with Gasteiger partial charge in [0, 0.05) is 25.7 Å². The summed E-state index contributed by atoms with van der Waals surface area (Å²) in [5.41, 5.74) is 0. The second kappa shape index (κ2) is 74.8. The summed E-state index contributed by atoms with van der Waals surface area (Å²) in [6.45, 7) is 14.4. The first-order valence-electron chi connectivity index (χ1n) is 44.3. The Morgan fingerprint density at radius 2 is 0.457 bits per heavy atom. The Balaban J connectivity index is 5.20. The molecule has 0 aliphatic heterocycles. The zero-order chi connectivity index (χ0) is 77.4. The van der Waals surface area contributed by atoms with Gasteiger partial charge in [-0.1, -0.05) is 396 Å². The summed E-state index contributed by atoms with van der Waals surface area (Å²) in [7, 11) is -9.93. The van der Waals surface area contributed by atoms with Gasteiger partial charge in [-0.05, 0) is 49.4 Å². The first-order chi connectivity index (χ1) is 50.7. The summed E-state index contributed by atoms with van der Waals surface area (Å²) in [5.74, 6) is 1.12. The predicted molar refractivity (Wildman–Crippen MR) is 432 cm³/mol. The van der Waals surface area contributed by atoms with E-state index in [4.69, 9.17) is 37.0 Å². The van der Waals surface area contributed by atoms with Crippen LogP contribution in [-0.4, -0.2) is 96.7 Å². The van der Waals surface area contributed by atoms with Crippen LogP contribution in [0, 0.1) is 23.7 Å². The number of hydrogen-bond acceptors (Lipinski definition) is 15. The predicted octanol–water partition coefficient (Wildman–Crippen LogP) is 25.9. The SMILES string of the molecule is CCC(C)CCCCCCCCCCCCCCCCCCCCC(=O)O[C@H](COC(=O)CCCCCCCCC(C)CC)COP(=O)(O)OC[C@H](O)COP(=O)(O)OC[C@@H](COC(=O)CCCCCCCCCCCCCCCCC(C)CC)OC(=O)CCCCCCCCCCCCCCC(C)C. The van der Waals surface area contributed by atoms with Gasteiger partial charge in [0.05, 0.1) is 26.4 Å². The molecule has 0 bridgehead atoms. The molecule has 0 spiro atoms. The maximum atomic E-state index is 13.1. The first-order valence-corrected chi connectivity index (χ1v) is 47.3. The highest BCUT2D eigenvalue weighted by Gasteiger charge is 2.31. The number of phosphoric acid groups is 2. The highest BCUT2D eigenvalue weighted by Crippen LogP contribution is 2.45. The molecular formula is C86H168O17P2. The van der Waals surface area contributed by atoms with Gasteiger partial charge < -0.3 is 33.8 Å². The maximum absolute atomic E-state index is 13.1. The summed E-state index contributed by atoms with van der Waals surface area (Å²) in [6, 6.07) is 0. The number of carbonyl (C=O) groups is 4. The van der Waals surface area contributed by atoms with E-state index in [9.17, 15) is 43.2 Å². The van der Waals surface area contributed by atoms with Crippen molar-refractivity contribution in [1.29, 1.82) is 0 Å². The van der Waals surface area contributed by atoms with Gasteiger partial charge in [0.25, 0.3) is 0 Å². The fourth-order valence-corrected chi connectivity index (χ4v) is 14.8. The Kier molecular flexibility index (Phi) is 73.4. The minimum Gasteiger partial charge on any atom is -0.462 e. The molecule has 5 unspecified atom stereocenters. The zero-order valence-corrected chi connectivity index (χ0v) is 71.2. The summed E-state index contributed by atoms with van der Waals surface area (Å²) in [5, 5.41) is 10.7. The van der Waals surface area contributed by atoms with Crippen molar-refractivity contribution >= 4 is 39.5 Å². The number of carbonyl (C=O) groups excluding carboxylic acids is 4. The molecule has 105 heavy (non-hydrogen) atoms. The summed E-state index contributed by atoms with van der Waals surface area (Å²) in [4.78, 5) is 73.2. The van der Waals surface area contributed by atoms with Gasteiger partial charge >= 0.3 is 39.5 Å². The number of ether oxygens (including phenoxy) is 4. The Morgan fingerprint density at radius 3 is 0.676 bits per heavy atom. The molecule has 624 valence electrons. The van der Waals surface area contributed by atoms with Crippen molar-refractivity contribution in [2.24, 2.45) is 23.7 Å².